The summed E-state index contributed by atoms with van der Waals surface area (Å²) < 4.78 is 0. The van der Waals surface area contributed by atoms with E-state index in [4.69, 9.17) is 11.6 Å². The number of rotatable bonds is 4. The maximum absolute atomic E-state index is 12.3. The molecule has 0 heterocycles. The van der Waals surface area contributed by atoms with Crippen molar-refractivity contribution < 1.29 is 9.72 Å². The van der Waals surface area contributed by atoms with E-state index in [2.05, 4.69) is 0 Å². The van der Waals surface area contributed by atoms with Crippen molar-refractivity contribution in [2.24, 2.45) is 0 Å². The second-order valence-electron chi connectivity index (χ2n) is 5.19. The fraction of sp³-hybridized carbons (Fsp3) is 0. The number of carbonyl (C=O) groups excluding carboxylic acids is 1. The maximum atomic E-state index is 12.3. The molecule has 0 saturated heterocycles. The molecule has 5 heteroatoms. The predicted molar refractivity (Wildman–Crippen MR) is 95.4 cm³/mol. The lowest BCUT2D eigenvalue weighted by molar-refractivity contribution is -0.384. The number of allylic oxidation sites excluding steroid dienone is 1. The van der Waals surface area contributed by atoms with Crippen LogP contribution in [-0.4, -0.2) is 10.7 Å². The van der Waals surface area contributed by atoms with Gasteiger partial charge in [-0.15, -0.1) is 0 Å². The molecule has 24 heavy (non-hydrogen) atoms. The van der Waals surface area contributed by atoms with Gasteiger partial charge in [0.25, 0.3) is 5.69 Å². The van der Waals surface area contributed by atoms with Crippen molar-refractivity contribution in [3.8, 4) is 0 Å². The van der Waals surface area contributed by atoms with Crippen LogP contribution in [-0.2, 0) is 0 Å². The average Bonchev–Trinajstić information content (AvgIpc) is 2.59. The number of ketones is 1. The van der Waals surface area contributed by atoms with Crippen LogP contribution in [0.2, 0.25) is 5.02 Å². The van der Waals surface area contributed by atoms with Crippen LogP contribution in [0.15, 0.2) is 66.7 Å². The highest BCUT2D eigenvalue weighted by Crippen LogP contribution is 2.26. The Hall–Kier alpha value is -2.98. The molecular weight excluding hydrogens is 326 g/mol. The fourth-order valence-corrected chi connectivity index (χ4v) is 2.65. The molecule has 3 rings (SSSR count). The van der Waals surface area contributed by atoms with Gasteiger partial charge in [-0.25, -0.2) is 0 Å². The third-order valence-corrected chi connectivity index (χ3v) is 3.98. The van der Waals surface area contributed by atoms with E-state index in [1.54, 1.807) is 6.08 Å². The lowest BCUT2D eigenvalue weighted by Gasteiger charge is -2.02. The Kier molecular flexibility index (Phi) is 4.40. The van der Waals surface area contributed by atoms with Crippen LogP contribution in [0.1, 0.15) is 15.9 Å². The molecule has 0 N–H and O–H groups in total. The second-order valence-corrected chi connectivity index (χ2v) is 5.60. The molecular formula is C19H12ClNO3. The molecule has 0 aliphatic rings. The Morgan fingerprint density at radius 2 is 1.79 bits per heavy atom. The van der Waals surface area contributed by atoms with E-state index in [1.165, 1.54) is 24.3 Å². The molecule has 3 aromatic carbocycles. The Morgan fingerprint density at radius 1 is 1.04 bits per heavy atom. The third kappa shape index (κ3) is 3.19. The molecule has 0 fully saturated rings. The van der Waals surface area contributed by atoms with Crippen LogP contribution >= 0.6 is 11.6 Å². The summed E-state index contributed by atoms with van der Waals surface area (Å²) >= 11 is 5.76. The zero-order chi connectivity index (χ0) is 17.1. The van der Waals surface area contributed by atoms with Gasteiger partial charge in [0.15, 0.2) is 5.78 Å². The highest BCUT2D eigenvalue weighted by molar-refractivity contribution is 6.32. The van der Waals surface area contributed by atoms with E-state index < -0.39 is 4.92 Å². The van der Waals surface area contributed by atoms with Crippen molar-refractivity contribution >= 4 is 39.9 Å². The summed E-state index contributed by atoms with van der Waals surface area (Å²) in [6, 6.07) is 17.7. The number of nitro groups is 1. The number of hydrogen-bond acceptors (Lipinski definition) is 3. The number of benzene rings is 3. The molecule has 0 aromatic heterocycles. The summed E-state index contributed by atoms with van der Waals surface area (Å²) in [5.41, 5.74) is 0.855. The first-order valence-electron chi connectivity index (χ1n) is 7.20. The van der Waals surface area contributed by atoms with Gasteiger partial charge < -0.3 is 0 Å². The van der Waals surface area contributed by atoms with Crippen LogP contribution in [0.3, 0.4) is 0 Å². The summed E-state index contributed by atoms with van der Waals surface area (Å²) in [6.45, 7) is 0. The number of nitrogens with zero attached hydrogens (tertiary/aromatic N) is 1. The minimum atomic E-state index is -0.604. The Morgan fingerprint density at radius 3 is 2.58 bits per heavy atom. The molecule has 118 valence electrons. The van der Waals surface area contributed by atoms with E-state index in [1.807, 2.05) is 42.5 Å². The minimum Gasteiger partial charge on any atom is -0.289 e. The molecule has 0 saturated carbocycles. The van der Waals surface area contributed by atoms with Crippen molar-refractivity contribution in [3.05, 3.63) is 93.0 Å². The lowest BCUT2D eigenvalue weighted by Crippen LogP contribution is -1.97. The molecule has 0 aliphatic carbocycles. The van der Waals surface area contributed by atoms with Crippen LogP contribution in [0.4, 0.5) is 5.69 Å². The van der Waals surface area contributed by atoms with Crippen LogP contribution in [0, 0.1) is 10.1 Å². The maximum Gasteiger partial charge on any atom is 0.288 e. The number of halogens is 1. The van der Waals surface area contributed by atoms with Crippen LogP contribution in [0.25, 0.3) is 16.8 Å². The predicted octanol–water partition coefficient (Wildman–Crippen LogP) is 5.30. The summed E-state index contributed by atoms with van der Waals surface area (Å²) in [6.07, 6.45) is 3.12. The largest absolute Gasteiger partial charge is 0.289 e. The van der Waals surface area contributed by atoms with Crippen molar-refractivity contribution in [2.75, 3.05) is 0 Å². The molecule has 0 spiro atoms. The standard InChI is InChI=1S/C19H12ClNO3/c20-17-10-8-15(12-18(17)21(23)24)19(22)11-9-14-6-3-5-13-4-1-2-7-16(13)14/h1-12H/b11-9+. The fourth-order valence-electron chi connectivity index (χ4n) is 2.46. The summed E-state index contributed by atoms with van der Waals surface area (Å²) in [5, 5.41) is 13.0. The normalized spacial score (nSPS) is 11.0. The third-order valence-electron chi connectivity index (χ3n) is 3.66. The van der Waals surface area contributed by atoms with Gasteiger partial charge in [-0.1, -0.05) is 60.1 Å². The lowest BCUT2D eigenvalue weighted by atomic mass is 10.0. The average molecular weight is 338 g/mol. The highest BCUT2D eigenvalue weighted by atomic mass is 35.5. The molecule has 0 unspecified atom stereocenters. The monoisotopic (exact) mass is 337 g/mol. The molecule has 0 amide bonds. The molecule has 0 aliphatic heterocycles. The SMILES string of the molecule is O=C(/C=C/c1cccc2ccccc12)c1ccc(Cl)c([N+](=O)[O-])c1. The first-order chi connectivity index (χ1) is 11.6. The van der Waals surface area contributed by atoms with Gasteiger partial charge in [-0.3, -0.25) is 14.9 Å². The first-order valence-corrected chi connectivity index (χ1v) is 7.58. The van der Waals surface area contributed by atoms with Gasteiger partial charge in [0.2, 0.25) is 0 Å². The quantitative estimate of drug-likeness (QED) is 0.281. The van der Waals surface area contributed by atoms with E-state index in [9.17, 15) is 14.9 Å². The van der Waals surface area contributed by atoms with Crippen molar-refractivity contribution in [1.82, 2.24) is 0 Å². The van der Waals surface area contributed by atoms with Gasteiger partial charge in [0.1, 0.15) is 5.02 Å². The summed E-state index contributed by atoms with van der Waals surface area (Å²) in [7, 11) is 0. The Labute approximate surface area is 143 Å². The minimum absolute atomic E-state index is 0.00887. The Bertz CT molecular complexity index is 974. The summed E-state index contributed by atoms with van der Waals surface area (Å²) in [5.74, 6) is -0.317. The van der Waals surface area contributed by atoms with Crippen molar-refractivity contribution in [3.63, 3.8) is 0 Å². The molecule has 4 nitrogen and oxygen atoms in total. The highest BCUT2D eigenvalue weighted by Gasteiger charge is 2.15. The van der Waals surface area contributed by atoms with Gasteiger partial charge in [0, 0.05) is 11.6 Å². The van der Waals surface area contributed by atoms with E-state index in [-0.39, 0.29) is 22.1 Å². The van der Waals surface area contributed by atoms with Crippen molar-refractivity contribution in [1.29, 1.82) is 0 Å². The number of nitro benzene ring substituents is 1. The van der Waals surface area contributed by atoms with E-state index in [0.29, 0.717) is 0 Å². The van der Waals surface area contributed by atoms with Crippen molar-refractivity contribution in [2.45, 2.75) is 0 Å². The first kappa shape index (κ1) is 15.9. The Balaban J connectivity index is 1.93. The number of carbonyl (C=O) groups is 1. The zero-order valence-corrected chi connectivity index (χ0v) is 13.2. The van der Waals surface area contributed by atoms with Gasteiger partial charge >= 0.3 is 0 Å². The molecule has 3 aromatic rings. The molecule has 0 bridgehead atoms. The van der Waals surface area contributed by atoms with Crippen LogP contribution < -0.4 is 0 Å². The molecule has 0 radical (unpaired) electrons. The zero-order valence-electron chi connectivity index (χ0n) is 12.5. The topological polar surface area (TPSA) is 60.2 Å². The van der Waals surface area contributed by atoms with Gasteiger partial charge in [-0.2, -0.15) is 0 Å². The number of fused-ring (bicyclic) bond motifs is 1. The van der Waals surface area contributed by atoms with Gasteiger partial charge in [0.05, 0.1) is 4.92 Å². The van der Waals surface area contributed by atoms with Gasteiger partial charge in [-0.05, 0) is 34.5 Å². The summed E-state index contributed by atoms with van der Waals surface area (Å²) in [4.78, 5) is 22.6. The van der Waals surface area contributed by atoms with E-state index >= 15 is 0 Å². The second kappa shape index (κ2) is 6.64. The molecule has 0 atom stereocenters. The van der Waals surface area contributed by atoms with E-state index in [0.717, 1.165) is 16.3 Å². The smallest absolute Gasteiger partial charge is 0.288 e. The van der Waals surface area contributed by atoms with Crippen LogP contribution in [0.5, 0.6) is 0 Å². The number of hydrogen-bond donors (Lipinski definition) is 0.